The summed E-state index contributed by atoms with van der Waals surface area (Å²) in [5.74, 6) is 1.62. The smallest absolute Gasteiger partial charge is 0.387 e. The average Bonchev–Trinajstić information content (AvgIpc) is 3.43. The minimum absolute atomic E-state index is 0.00729. The maximum absolute atomic E-state index is 12.9. The van der Waals surface area contributed by atoms with E-state index in [9.17, 15) is 13.6 Å². The topological polar surface area (TPSA) is 110 Å². The number of halogens is 2. The minimum atomic E-state index is -3.02. The molecule has 6 rings (SSSR count). The van der Waals surface area contributed by atoms with Crippen LogP contribution < -0.4 is 20.3 Å². The number of aromatic nitrogens is 3. The fraction of sp³-hybridized carbons (Fsp3) is 0.583. The molecular formula is C24H31F2N7O3. The van der Waals surface area contributed by atoms with Crippen LogP contribution >= 0.6 is 0 Å². The van der Waals surface area contributed by atoms with Crippen LogP contribution in [-0.4, -0.2) is 83.8 Å². The van der Waals surface area contributed by atoms with Gasteiger partial charge in [-0.2, -0.15) is 13.8 Å². The maximum atomic E-state index is 12.9. The van der Waals surface area contributed by atoms with Crippen molar-refractivity contribution in [2.24, 2.45) is 5.92 Å². The molecule has 1 aliphatic carbocycles. The number of carbonyl (C=O) groups excluding carboxylic acids is 1. The second-order valence-electron chi connectivity index (χ2n) is 9.87. The van der Waals surface area contributed by atoms with Crippen LogP contribution in [0.25, 0.3) is 11.3 Å². The van der Waals surface area contributed by atoms with Gasteiger partial charge in [0.05, 0.1) is 5.69 Å². The molecule has 194 valence electrons. The van der Waals surface area contributed by atoms with Gasteiger partial charge in [0.25, 0.3) is 0 Å². The fourth-order valence-electron chi connectivity index (χ4n) is 5.41. The van der Waals surface area contributed by atoms with Crippen LogP contribution in [0.15, 0.2) is 18.3 Å². The van der Waals surface area contributed by atoms with Gasteiger partial charge in [-0.05, 0) is 38.7 Å². The lowest BCUT2D eigenvalue weighted by Crippen LogP contribution is -2.59. The molecule has 1 amide bonds. The number of amides is 1. The fourth-order valence-corrected chi connectivity index (χ4v) is 5.41. The Labute approximate surface area is 208 Å². The summed E-state index contributed by atoms with van der Waals surface area (Å²) in [6.07, 6.45) is 3.76. The molecule has 2 N–H and O–H groups in total. The van der Waals surface area contributed by atoms with Gasteiger partial charge < -0.3 is 29.9 Å². The number of fused-ring (bicyclic) bond motifs is 1. The molecule has 1 saturated carbocycles. The second kappa shape index (κ2) is 9.64. The Kier molecular flexibility index (Phi) is 6.54. The molecule has 4 aliphatic rings. The van der Waals surface area contributed by atoms with Crippen molar-refractivity contribution in [3.05, 3.63) is 18.3 Å². The quantitative estimate of drug-likeness (QED) is 0.609. The Hall–Kier alpha value is -3.28. The van der Waals surface area contributed by atoms with E-state index in [1.165, 1.54) is 19.4 Å². The number of pyridine rings is 1. The molecule has 0 aromatic carbocycles. The molecule has 0 unspecified atom stereocenters. The van der Waals surface area contributed by atoms with Crippen LogP contribution in [0.5, 0.6) is 5.75 Å². The first-order valence-corrected chi connectivity index (χ1v) is 12.1. The van der Waals surface area contributed by atoms with Crippen LogP contribution in [0.4, 0.5) is 26.4 Å². The number of piperazine rings is 1. The van der Waals surface area contributed by atoms with Gasteiger partial charge in [0, 0.05) is 62.7 Å². The number of nitrogens with zero attached hydrogens (tertiary/aromatic N) is 6. The number of anilines is 3. The monoisotopic (exact) mass is 503 g/mol. The van der Waals surface area contributed by atoms with E-state index in [1.807, 2.05) is 24.8 Å². The third-order valence-corrected chi connectivity index (χ3v) is 7.33. The molecule has 5 heterocycles. The largest absolute Gasteiger partial charge is 0.431 e. The summed E-state index contributed by atoms with van der Waals surface area (Å²) in [6, 6.07) is 3.63. The van der Waals surface area contributed by atoms with Crippen molar-refractivity contribution in [2.45, 2.75) is 51.4 Å². The lowest BCUT2D eigenvalue weighted by Gasteiger charge is -2.44. The van der Waals surface area contributed by atoms with E-state index in [0.29, 0.717) is 48.1 Å². The normalized spacial score (nSPS) is 25.3. The van der Waals surface area contributed by atoms with Gasteiger partial charge in [0.1, 0.15) is 12.4 Å². The van der Waals surface area contributed by atoms with Crippen molar-refractivity contribution < 1.29 is 23.0 Å². The highest BCUT2D eigenvalue weighted by molar-refractivity contribution is 5.78. The van der Waals surface area contributed by atoms with E-state index in [4.69, 9.17) is 20.4 Å². The number of hydrogen-bond donors (Lipinski definition) is 1. The van der Waals surface area contributed by atoms with E-state index in [2.05, 4.69) is 19.5 Å². The van der Waals surface area contributed by atoms with Crippen molar-refractivity contribution in [3.8, 4) is 17.0 Å². The Bertz CT molecular complexity index is 1130. The van der Waals surface area contributed by atoms with Gasteiger partial charge in [0.15, 0.2) is 11.6 Å². The highest BCUT2D eigenvalue weighted by Crippen LogP contribution is 2.43. The van der Waals surface area contributed by atoms with Gasteiger partial charge in [-0.1, -0.05) is 0 Å². The summed E-state index contributed by atoms with van der Waals surface area (Å²) in [6.45, 7) is 3.09. The number of hydrogen-bond acceptors (Lipinski definition) is 9. The zero-order valence-corrected chi connectivity index (χ0v) is 20.6. The molecule has 2 atom stereocenters. The number of nitrogen functional groups attached to an aromatic ring is 1. The first-order chi connectivity index (χ1) is 17.2. The second-order valence-corrected chi connectivity index (χ2v) is 9.87. The predicted molar refractivity (Wildman–Crippen MR) is 130 cm³/mol. The number of carbonyl (C=O) groups is 1. The molecule has 4 fully saturated rings. The van der Waals surface area contributed by atoms with E-state index in [1.54, 1.807) is 0 Å². The summed E-state index contributed by atoms with van der Waals surface area (Å²) in [4.78, 5) is 32.5. The first kappa shape index (κ1) is 24.4. The van der Waals surface area contributed by atoms with Gasteiger partial charge in [-0.3, -0.25) is 4.79 Å². The van der Waals surface area contributed by atoms with Gasteiger partial charge in [-0.15, -0.1) is 0 Å². The zero-order valence-electron chi connectivity index (χ0n) is 20.6. The van der Waals surface area contributed by atoms with Crippen molar-refractivity contribution in [2.75, 3.05) is 48.9 Å². The van der Waals surface area contributed by atoms with Crippen LogP contribution in [0.3, 0.4) is 0 Å². The Balaban J connectivity index is 1.50. The highest BCUT2D eigenvalue weighted by atomic mass is 19.3. The molecule has 2 aromatic heterocycles. The van der Waals surface area contributed by atoms with E-state index in [0.717, 1.165) is 19.4 Å². The van der Waals surface area contributed by atoms with Crippen LogP contribution in [-0.2, 0) is 9.53 Å². The maximum Gasteiger partial charge on any atom is 0.387 e. The number of methoxy groups -OCH3 is 1. The van der Waals surface area contributed by atoms with E-state index >= 15 is 0 Å². The summed E-state index contributed by atoms with van der Waals surface area (Å²) >= 11 is 0. The number of nitrogens with two attached hydrogens (primary N) is 1. The van der Waals surface area contributed by atoms with Crippen LogP contribution in [0.1, 0.15) is 26.7 Å². The summed E-state index contributed by atoms with van der Waals surface area (Å²) in [5, 5.41) is 0. The third kappa shape index (κ3) is 4.61. The number of ether oxygens (including phenoxy) is 2. The van der Waals surface area contributed by atoms with Gasteiger partial charge >= 0.3 is 6.61 Å². The highest BCUT2D eigenvalue weighted by Gasteiger charge is 2.44. The van der Waals surface area contributed by atoms with Crippen molar-refractivity contribution in [3.63, 3.8) is 0 Å². The van der Waals surface area contributed by atoms with Gasteiger partial charge in [0.2, 0.25) is 11.9 Å². The van der Waals surface area contributed by atoms with E-state index in [-0.39, 0.29) is 36.2 Å². The number of rotatable bonds is 7. The summed E-state index contributed by atoms with van der Waals surface area (Å²) in [5.41, 5.74) is 6.80. The Morgan fingerprint density at radius 2 is 1.92 bits per heavy atom. The Morgan fingerprint density at radius 1 is 1.14 bits per heavy atom. The number of alkyl halides is 2. The first-order valence-electron chi connectivity index (χ1n) is 12.1. The molecule has 2 bridgehead atoms. The van der Waals surface area contributed by atoms with Crippen LogP contribution in [0.2, 0.25) is 0 Å². The third-order valence-electron chi connectivity index (χ3n) is 7.33. The predicted octanol–water partition coefficient (Wildman–Crippen LogP) is 2.39. The molecule has 10 nitrogen and oxygen atoms in total. The van der Waals surface area contributed by atoms with Crippen molar-refractivity contribution in [1.82, 2.24) is 19.9 Å². The molecule has 2 aromatic rings. The molecule has 0 spiro atoms. The summed E-state index contributed by atoms with van der Waals surface area (Å²) in [7, 11) is 1.51. The lowest BCUT2D eigenvalue weighted by atomic mass is 9.86. The standard InChI is InChI=1S/C24H31F2N7O3/c1-13-10-32(21(34)12-35-3)14(2)9-31(13)20-7-18(16-6-19(36-23(25)26)22(27)28-8-16)29-24(30-20)33-11-15-4-17(33)5-15/h6-8,13-15,17,23H,4-5,9-12H2,1-3H3,(H2,27,28)/t13-,14-,15?,17?/m0/s1. The molecule has 0 radical (unpaired) electrons. The van der Waals surface area contributed by atoms with Crippen molar-refractivity contribution >= 4 is 23.5 Å². The zero-order chi connectivity index (χ0) is 25.6. The Morgan fingerprint density at radius 3 is 2.58 bits per heavy atom. The van der Waals surface area contributed by atoms with E-state index < -0.39 is 6.61 Å². The minimum Gasteiger partial charge on any atom is -0.431 e. The van der Waals surface area contributed by atoms with Crippen LogP contribution in [0, 0.1) is 5.92 Å². The molecule has 12 heteroatoms. The van der Waals surface area contributed by atoms with Gasteiger partial charge in [-0.25, -0.2) is 9.97 Å². The molecule has 3 aliphatic heterocycles. The molecular weight excluding hydrogens is 472 g/mol. The molecule has 36 heavy (non-hydrogen) atoms. The average molecular weight is 504 g/mol. The summed E-state index contributed by atoms with van der Waals surface area (Å²) < 4.78 is 35.4. The van der Waals surface area contributed by atoms with Crippen molar-refractivity contribution in [1.29, 1.82) is 0 Å². The molecule has 3 saturated heterocycles. The lowest BCUT2D eigenvalue weighted by molar-refractivity contribution is -0.138. The SMILES string of the molecule is COCC(=O)N1C[C@H](C)N(c2cc(-c3cnc(N)c(OC(F)F)c3)nc(N3CC4CC3C4)n2)C[C@@H]1C.